The first-order valence-electron chi connectivity index (χ1n) is 13.6. The molecule has 0 amide bonds. The molecule has 6 aromatic rings. The van der Waals surface area contributed by atoms with Crippen LogP contribution in [0.3, 0.4) is 0 Å². The monoisotopic (exact) mass is 575 g/mol. The standard InChI is InChI=1S/C37H25F4NO/c1-43-32-18-8-15-29(22-32)36-35(28-14-7-17-31(38)21-28)33(26-12-6-16-30(20-26)37(39,40)41)23-34(42-36)27-13-5-11-25(19-27)24-9-3-2-4-10-24/h2-23H,1H3. The lowest BCUT2D eigenvalue weighted by Crippen LogP contribution is -2.05. The van der Waals surface area contributed by atoms with Crippen LogP contribution in [0.2, 0.25) is 0 Å². The molecule has 0 fully saturated rings. The van der Waals surface area contributed by atoms with E-state index < -0.39 is 17.6 Å². The molecule has 0 aliphatic heterocycles. The van der Waals surface area contributed by atoms with Gasteiger partial charge in [-0.25, -0.2) is 9.37 Å². The molecular weight excluding hydrogens is 550 g/mol. The van der Waals surface area contributed by atoms with Gasteiger partial charge in [-0.3, -0.25) is 0 Å². The summed E-state index contributed by atoms with van der Waals surface area (Å²) in [6.07, 6.45) is -4.54. The summed E-state index contributed by atoms with van der Waals surface area (Å²) in [6, 6.07) is 38.0. The first-order chi connectivity index (χ1) is 20.8. The topological polar surface area (TPSA) is 22.1 Å². The molecule has 1 heterocycles. The van der Waals surface area contributed by atoms with Gasteiger partial charge in [0.25, 0.3) is 0 Å². The molecule has 1 aromatic heterocycles. The van der Waals surface area contributed by atoms with Crippen LogP contribution in [0.15, 0.2) is 133 Å². The van der Waals surface area contributed by atoms with E-state index in [1.807, 2.05) is 72.8 Å². The van der Waals surface area contributed by atoms with Gasteiger partial charge in [0.05, 0.1) is 24.1 Å². The third-order valence-corrected chi connectivity index (χ3v) is 7.24. The molecule has 0 saturated heterocycles. The van der Waals surface area contributed by atoms with Crippen LogP contribution in [-0.2, 0) is 6.18 Å². The SMILES string of the molecule is COc1cccc(-c2nc(-c3cccc(-c4ccccc4)c3)cc(-c3cccc(C(F)(F)F)c3)c2-c2cccc(F)c2)c1. The van der Waals surface area contributed by atoms with Crippen molar-refractivity contribution in [2.24, 2.45) is 0 Å². The van der Waals surface area contributed by atoms with Crippen LogP contribution in [-0.4, -0.2) is 12.1 Å². The van der Waals surface area contributed by atoms with Crippen LogP contribution in [0.4, 0.5) is 17.6 Å². The smallest absolute Gasteiger partial charge is 0.416 e. The normalized spacial score (nSPS) is 11.4. The number of hydrogen-bond donors (Lipinski definition) is 0. The predicted molar refractivity (Wildman–Crippen MR) is 163 cm³/mol. The average molecular weight is 576 g/mol. The molecular formula is C37H25F4NO. The minimum atomic E-state index is -4.54. The summed E-state index contributed by atoms with van der Waals surface area (Å²) in [7, 11) is 1.56. The van der Waals surface area contributed by atoms with Crippen molar-refractivity contribution >= 4 is 0 Å². The highest BCUT2D eigenvalue weighted by Gasteiger charge is 2.31. The number of rotatable bonds is 6. The van der Waals surface area contributed by atoms with Gasteiger partial charge in [0, 0.05) is 16.7 Å². The summed E-state index contributed by atoms with van der Waals surface area (Å²) in [6.45, 7) is 0. The summed E-state index contributed by atoms with van der Waals surface area (Å²) >= 11 is 0. The zero-order valence-corrected chi connectivity index (χ0v) is 23.1. The fraction of sp³-hybridized carbons (Fsp3) is 0.0541. The van der Waals surface area contributed by atoms with Gasteiger partial charge < -0.3 is 4.74 Å². The third-order valence-electron chi connectivity index (χ3n) is 7.24. The predicted octanol–water partition coefficient (Wildman–Crippen LogP) is 10.6. The van der Waals surface area contributed by atoms with E-state index in [4.69, 9.17) is 9.72 Å². The van der Waals surface area contributed by atoms with Crippen LogP contribution in [0.5, 0.6) is 5.75 Å². The van der Waals surface area contributed by atoms with Crippen molar-refractivity contribution in [3.63, 3.8) is 0 Å². The fourth-order valence-electron chi connectivity index (χ4n) is 5.19. The molecule has 0 radical (unpaired) electrons. The molecule has 6 rings (SSSR count). The van der Waals surface area contributed by atoms with E-state index >= 15 is 0 Å². The van der Waals surface area contributed by atoms with Gasteiger partial charge in [-0.1, -0.05) is 84.9 Å². The first-order valence-corrected chi connectivity index (χ1v) is 13.6. The molecule has 2 nitrogen and oxygen atoms in total. The lowest BCUT2D eigenvalue weighted by Gasteiger charge is -2.19. The van der Waals surface area contributed by atoms with Gasteiger partial charge in [0.15, 0.2) is 0 Å². The van der Waals surface area contributed by atoms with E-state index in [2.05, 4.69) is 0 Å². The van der Waals surface area contributed by atoms with Gasteiger partial charge in [-0.05, 0) is 76.3 Å². The average Bonchev–Trinajstić information content (AvgIpc) is 3.04. The van der Waals surface area contributed by atoms with Crippen molar-refractivity contribution in [1.29, 1.82) is 0 Å². The fourth-order valence-corrected chi connectivity index (χ4v) is 5.19. The number of nitrogens with zero attached hydrogens (tertiary/aromatic N) is 1. The Balaban J connectivity index is 1.68. The lowest BCUT2D eigenvalue weighted by molar-refractivity contribution is -0.137. The van der Waals surface area contributed by atoms with Crippen molar-refractivity contribution in [3.05, 3.63) is 145 Å². The molecule has 6 heteroatoms. The number of alkyl halides is 3. The number of benzene rings is 5. The van der Waals surface area contributed by atoms with E-state index in [1.165, 1.54) is 18.2 Å². The summed E-state index contributed by atoms with van der Waals surface area (Å²) in [5.74, 6) is 0.116. The van der Waals surface area contributed by atoms with E-state index in [1.54, 1.807) is 37.4 Å². The van der Waals surface area contributed by atoms with E-state index in [9.17, 15) is 17.6 Å². The van der Waals surface area contributed by atoms with Crippen LogP contribution >= 0.6 is 0 Å². The van der Waals surface area contributed by atoms with Crippen molar-refractivity contribution in [2.75, 3.05) is 7.11 Å². The van der Waals surface area contributed by atoms with E-state index in [0.29, 0.717) is 45.0 Å². The zero-order valence-electron chi connectivity index (χ0n) is 23.1. The molecule has 212 valence electrons. The second-order valence-electron chi connectivity index (χ2n) is 10.0. The zero-order chi connectivity index (χ0) is 30.0. The van der Waals surface area contributed by atoms with Gasteiger partial charge in [-0.2, -0.15) is 13.2 Å². The highest BCUT2D eigenvalue weighted by atomic mass is 19.4. The molecule has 0 unspecified atom stereocenters. The summed E-state index contributed by atoms with van der Waals surface area (Å²) < 4.78 is 61.7. The lowest BCUT2D eigenvalue weighted by atomic mass is 9.88. The Bertz CT molecular complexity index is 1920. The van der Waals surface area contributed by atoms with Crippen LogP contribution < -0.4 is 4.74 Å². The summed E-state index contributed by atoms with van der Waals surface area (Å²) in [4.78, 5) is 5.09. The molecule has 0 aliphatic rings. The Kier molecular flexibility index (Phi) is 7.51. The number of methoxy groups -OCH3 is 1. The molecule has 0 atom stereocenters. The van der Waals surface area contributed by atoms with Crippen molar-refractivity contribution in [1.82, 2.24) is 4.98 Å². The molecule has 0 spiro atoms. The number of halogens is 4. The Morgan fingerprint density at radius 2 is 1.21 bits per heavy atom. The second kappa shape index (κ2) is 11.6. The Morgan fingerprint density at radius 1 is 0.558 bits per heavy atom. The molecule has 0 bridgehead atoms. The summed E-state index contributed by atoms with van der Waals surface area (Å²) in [5, 5.41) is 0. The molecule has 0 aliphatic carbocycles. The van der Waals surface area contributed by atoms with Crippen LogP contribution in [0.1, 0.15) is 5.56 Å². The van der Waals surface area contributed by atoms with Crippen LogP contribution in [0.25, 0.3) is 55.9 Å². The van der Waals surface area contributed by atoms with Crippen LogP contribution in [0, 0.1) is 5.82 Å². The number of aromatic nitrogens is 1. The molecule has 43 heavy (non-hydrogen) atoms. The van der Waals surface area contributed by atoms with Gasteiger partial charge >= 0.3 is 6.18 Å². The Morgan fingerprint density at radius 3 is 1.98 bits per heavy atom. The van der Waals surface area contributed by atoms with Crippen molar-refractivity contribution in [3.8, 4) is 61.6 Å². The first kappa shape index (κ1) is 27.9. The highest BCUT2D eigenvalue weighted by Crippen LogP contribution is 2.43. The largest absolute Gasteiger partial charge is 0.497 e. The maximum atomic E-state index is 14.6. The second-order valence-corrected chi connectivity index (χ2v) is 10.0. The molecule has 0 saturated carbocycles. The minimum Gasteiger partial charge on any atom is -0.497 e. The number of pyridine rings is 1. The number of ether oxygens (including phenoxy) is 1. The van der Waals surface area contributed by atoms with Gasteiger partial charge in [0.2, 0.25) is 0 Å². The minimum absolute atomic E-state index is 0.334. The number of hydrogen-bond acceptors (Lipinski definition) is 2. The van der Waals surface area contributed by atoms with Crippen molar-refractivity contribution < 1.29 is 22.3 Å². The van der Waals surface area contributed by atoms with E-state index in [0.717, 1.165) is 28.8 Å². The van der Waals surface area contributed by atoms with Crippen molar-refractivity contribution in [2.45, 2.75) is 6.18 Å². The van der Waals surface area contributed by atoms with E-state index in [-0.39, 0.29) is 0 Å². The van der Waals surface area contributed by atoms with Gasteiger partial charge in [-0.15, -0.1) is 0 Å². The Hall–Kier alpha value is -5.23. The summed E-state index contributed by atoms with van der Waals surface area (Å²) in [5.41, 5.74) is 5.54. The maximum Gasteiger partial charge on any atom is 0.416 e. The quantitative estimate of drug-likeness (QED) is 0.184. The third kappa shape index (κ3) is 5.90. The maximum absolute atomic E-state index is 14.6. The molecule has 5 aromatic carbocycles. The molecule has 0 N–H and O–H groups in total. The van der Waals surface area contributed by atoms with Gasteiger partial charge in [0.1, 0.15) is 11.6 Å². The Labute approximate surface area is 246 Å². The highest BCUT2D eigenvalue weighted by molar-refractivity contribution is 5.95.